The highest BCUT2D eigenvalue weighted by atomic mass is 35.5. The van der Waals surface area contributed by atoms with E-state index in [0.29, 0.717) is 15.2 Å². The predicted molar refractivity (Wildman–Crippen MR) is 78.2 cm³/mol. The lowest BCUT2D eigenvalue weighted by Gasteiger charge is -2.10. The van der Waals surface area contributed by atoms with Crippen LogP contribution in [0.25, 0.3) is 15.2 Å². The fraction of sp³-hybridized carbons (Fsp3) is 0.231. The van der Waals surface area contributed by atoms with E-state index >= 15 is 0 Å². The van der Waals surface area contributed by atoms with Gasteiger partial charge >= 0.3 is 12.3 Å². The van der Waals surface area contributed by atoms with Gasteiger partial charge in [-0.2, -0.15) is 0 Å². The Morgan fingerprint density at radius 3 is 2.83 bits per heavy atom. The van der Waals surface area contributed by atoms with Gasteiger partial charge in [0.15, 0.2) is 10.7 Å². The van der Waals surface area contributed by atoms with Crippen LogP contribution in [0.15, 0.2) is 18.3 Å². The molecule has 3 rings (SSSR count). The summed E-state index contributed by atoms with van der Waals surface area (Å²) in [5, 5.41) is -0.194. The quantitative estimate of drug-likeness (QED) is 0.651. The molecule has 0 N–H and O–H groups in total. The molecule has 0 bridgehead atoms. The van der Waals surface area contributed by atoms with E-state index < -0.39 is 18.1 Å². The van der Waals surface area contributed by atoms with Crippen molar-refractivity contribution in [3.63, 3.8) is 0 Å². The molecule has 0 amide bonds. The van der Waals surface area contributed by atoms with Crippen molar-refractivity contribution in [3.05, 3.63) is 29.0 Å². The minimum atomic E-state index is -4.83. The molecule has 5 nitrogen and oxygen atoms in total. The molecule has 0 spiro atoms. The maximum Gasteiger partial charge on any atom is 0.573 e. The van der Waals surface area contributed by atoms with Gasteiger partial charge in [0.25, 0.3) is 0 Å². The Morgan fingerprint density at radius 1 is 1.43 bits per heavy atom. The molecule has 0 saturated carbocycles. The maximum absolute atomic E-state index is 12.3. The zero-order valence-corrected chi connectivity index (χ0v) is 13.1. The number of imidazole rings is 1. The second-order valence-electron chi connectivity index (χ2n) is 4.40. The number of carbonyl (C=O) groups excluding carboxylic acids is 1. The van der Waals surface area contributed by atoms with E-state index in [-0.39, 0.29) is 17.3 Å². The van der Waals surface area contributed by atoms with Crippen LogP contribution in [0, 0.1) is 0 Å². The molecule has 2 heterocycles. The molecule has 0 aliphatic rings. The van der Waals surface area contributed by atoms with Crippen LogP contribution in [0.4, 0.5) is 13.2 Å². The highest BCUT2D eigenvalue weighted by Crippen LogP contribution is 2.37. The Kier molecular flexibility index (Phi) is 3.85. The van der Waals surface area contributed by atoms with Crippen molar-refractivity contribution in [1.82, 2.24) is 9.38 Å². The van der Waals surface area contributed by atoms with E-state index in [2.05, 4.69) is 9.72 Å². The summed E-state index contributed by atoms with van der Waals surface area (Å²) in [6, 6.07) is 2.52. The fourth-order valence-electron chi connectivity index (χ4n) is 2.01. The first-order valence-electron chi connectivity index (χ1n) is 6.32. The van der Waals surface area contributed by atoms with E-state index in [4.69, 9.17) is 16.3 Å². The lowest BCUT2D eigenvalue weighted by molar-refractivity contribution is -0.274. The van der Waals surface area contributed by atoms with Gasteiger partial charge in [-0.25, -0.2) is 9.78 Å². The zero-order valence-electron chi connectivity index (χ0n) is 11.5. The molecule has 1 aromatic carbocycles. The van der Waals surface area contributed by atoms with Crippen molar-refractivity contribution < 1.29 is 27.4 Å². The molecule has 0 saturated heterocycles. The lowest BCUT2D eigenvalue weighted by atomic mass is 10.3. The van der Waals surface area contributed by atoms with Crippen molar-refractivity contribution in [3.8, 4) is 5.75 Å². The van der Waals surface area contributed by atoms with Crippen molar-refractivity contribution in [1.29, 1.82) is 0 Å². The van der Waals surface area contributed by atoms with Gasteiger partial charge in [0.2, 0.25) is 0 Å². The number of benzene rings is 1. The third-order valence-electron chi connectivity index (χ3n) is 2.86. The average Bonchev–Trinajstić information content (AvgIpc) is 2.96. The number of fused-ring (bicyclic) bond motifs is 3. The van der Waals surface area contributed by atoms with Gasteiger partial charge in [0.1, 0.15) is 5.75 Å². The molecule has 122 valence electrons. The molecule has 0 unspecified atom stereocenters. The lowest BCUT2D eigenvalue weighted by Crippen LogP contribution is -2.17. The number of hydrogen-bond donors (Lipinski definition) is 0. The van der Waals surface area contributed by atoms with Gasteiger partial charge < -0.3 is 9.47 Å². The van der Waals surface area contributed by atoms with Crippen LogP contribution in [0.1, 0.15) is 17.4 Å². The normalized spacial score (nSPS) is 12.0. The summed E-state index contributed by atoms with van der Waals surface area (Å²) in [7, 11) is 0. The van der Waals surface area contributed by atoms with Crippen LogP contribution >= 0.6 is 22.9 Å². The third kappa shape index (κ3) is 3.06. The van der Waals surface area contributed by atoms with Crippen molar-refractivity contribution >= 4 is 44.1 Å². The molecule has 0 aliphatic carbocycles. The number of esters is 1. The third-order valence-corrected chi connectivity index (χ3v) is 4.17. The first kappa shape index (κ1) is 15.9. The molecule has 23 heavy (non-hydrogen) atoms. The highest BCUT2D eigenvalue weighted by molar-refractivity contribution is 7.23. The van der Waals surface area contributed by atoms with Crippen LogP contribution in [0.2, 0.25) is 5.02 Å². The van der Waals surface area contributed by atoms with Crippen LogP contribution < -0.4 is 4.74 Å². The number of rotatable bonds is 3. The fourth-order valence-corrected chi connectivity index (χ4v) is 3.22. The standard InChI is InChI=1S/C13H8ClF3N2O3S/c1-2-21-11(20)7-5-19-8-3-6(14)9(22-13(15,16)17)4-10(8)23-12(19)18-7/h3-5H,2H2,1H3. The number of hydrogen-bond acceptors (Lipinski definition) is 5. The van der Waals surface area contributed by atoms with E-state index in [9.17, 15) is 18.0 Å². The number of nitrogens with zero attached hydrogens (tertiary/aromatic N) is 2. The van der Waals surface area contributed by atoms with Crippen molar-refractivity contribution in [2.45, 2.75) is 13.3 Å². The Bertz CT molecular complexity index is 903. The first-order valence-corrected chi connectivity index (χ1v) is 7.52. The van der Waals surface area contributed by atoms with E-state index in [1.165, 1.54) is 18.3 Å². The molecular formula is C13H8ClF3N2O3S. The first-order chi connectivity index (χ1) is 10.8. The molecule has 2 aromatic heterocycles. The molecule has 10 heteroatoms. The van der Waals surface area contributed by atoms with Crippen LogP contribution in [0.5, 0.6) is 5.75 Å². The van der Waals surface area contributed by atoms with Gasteiger partial charge in [-0.15, -0.1) is 13.2 Å². The Labute approximate surface area is 136 Å². The summed E-state index contributed by atoms with van der Waals surface area (Å²) in [4.78, 5) is 16.2. The summed E-state index contributed by atoms with van der Waals surface area (Å²) in [5.41, 5.74) is 0.638. The summed E-state index contributed by atoms with van der Waals surface area (Å²) >= 11 is 6.94. The van der Waals surface area contributed by atoms with Gasteiger partial charge in [-0.1, -0.05) is 22.9 Å². The number of aromatic nitrogens is 2. The number of alkyl halides is 3. The Hall–Kier alpha value is -2.00. The number of carbonyl (C=O) groups is 1. The van der Waals surface area contributed by atoms with Crippen LogP contribution in [0.3, 0.4) is 0 Å². The molecular weight excluding hydrogens is 357 g/mol. The summed E-state index contributed by atoms with van der Waals surface area (Å²) < 4.78 is 47.8. The average molecular weight is 365 g/mol. The summed E-state index contributed by atoms with van der Waals surface area (Å²) in [5.74, 6) is -1.05. The molecule has 0 atom stereocenters. The predicted octanol–water partition coefficient (Wildman–Crippen LogP) is 4.28. The Balaban J connectivity index is 2.08. The van der Waals surface area contributed by atoms with Crippen LogP contribution in [-0.4, -0.2) is 28.3 Å². The van der Waals surface area contributed by atoms with Crippen LogP contribution in [-0.2, 0) is 4.74 Å². The zero-order chi connectivity index (χ0) is 16.8. The topological polar surface area (TPSA) is 52.8 Å². The Morgan fingerprint density at radius 2 is 2.17 bits per heavy atom. The highest BCUT2D eigenvalue weighted by Gasteiger charge is 2.32. The van der Waals surface area contributed by atoms with Gasteiger partial charge in [-0.05, 0) is 13.0 Å². The van der Waals surface area contributed by atoms with Gasteiger partial charge in [-0.3, -0.25) is 4.40 Å². The van der Waals surface area contributed by atoms with Crippen molar-refractivity contribution in [2.75, 3.05) is 6.61 Å². The largest absolute Gasteiger partial charge is 0.573 e. The van der Waals surface area contributed by atoms with Gasteiger partial charge in [0.05, 0.1) is 21.8 Å². The molecule has 0 radical (unpaired) electrons. The van der Waals surface area contributed by atoms with Crippen molar-refractivity contribution in [2.24, 2.45) is 0 Å². The smallest absolute Gasteiger partial charge is 0.461 e. The minimum absolute atomic E-state index is 0.117. The number of thiazole rings is 1. The number of ether oxygens (including phenoxy) is 2. The summed E-state index contributed by atoms with van der Waals surface area (Å²) in [6.45, 7) is 1.89. The molecule has 3 aromatic rings. The second kappa shape index (κ2) is 5.57. The van der Waals surface area contributed by atoms with E-state index in [1.807, 2.05) is 0 Å². The number of halogens is 4. The maximum atomic E-state index is 12.3. The molecule has 0 fully saturated rings. The SMILES string of the molecule is CCOC(=O)c1cn2c(n1)sc1cc(OC(F)(F)F)c(Cl)cc12. The van der Waals surface area contributed by atoms with E-state index in [1.54, 1.807) is 11.3 Å². The van der Waals surface area contributed by atoms with Gasteiger partial charge in [0, 0.05) is 12.3 Å². The monoisotopic (exact) mass is 364 g/mol. The van der Waals surface area contributed by atoms with E-state index in [0.717, 1.165) is 11.3 Å². The summed E-state index contributed by atoms with van der Waals surface area (Å²) in [6.07, 6.45) is -3.38. The second-order valence-corrected chi connectivity index (χ2v) is 5.82. The minimum Gasteiger partial charge on any atom is -0.461 e. The molecule has 0 aliphatic heterocycles.